The normalized spacial score (nSPS) is 21.7. The Kier molecular flexibility index (Phi) is 1.94. The fourth-order valence-corrected chi connectivity index (χ4v) is 2.08. The van der Waals surface area contributed by atoms with E-state index in [4.69, 9.17) is 4.74 Å². The highest BCUT2D eigenvalue weighted by Crippen LogP contribution is 2.41. The smallest absolute Gasteiger partial charge is 0.316 e. The summed E-state index contributed by atoms with van der Waals surface area (Å²) in [7, 11) is 0. The molecule has 0 saturated carbocycles. The van der Waals surface area contributed by atoms with Gasteiger partial charge in [0, 0.05) is 0 Å². The molecule has 1 aromatic carbocycles. The molecule has 1 heterocycles. The minimum atomic E-state index is -0.536. The number of cyclic esters (lactones) is 1. The molecular weight excluding hydrogens is 188 g/mol. The summed E-state index contributed by atoms with van der Waals surface area (Å²) in [5, 5.41) is 0. The van der Waals surface area contributed by atoms with Crippen LogP contribution in [-0.4, -0.2) is 5.97 Å². The summed E-state index contributed by atoms with van der Waals surface area (Å²) in [6.45, 7) is 7.67. The molecule has 1 aliphatic rings. The fourth-order valence-electron chi connectivity index (χ4n) is 2.08. The lowest BCUT2D eigenvalue weighted by molar-refractivity contribution is -0.167. The third-order valence-corrected chi connectivity index (χ3v) is 3.11. The Labute approximate surface area is 90.3 Å². The summed E-state index contributed by atoms with van der Waals surface area (Å²) in [6, 6.07) is 7.99. The number of ether oxygens (including phenoxy) is 1. The van der Waals surface area contributed by atoms with Gasteiger partial charge in [-0.15, -0.1) is 0 Å². The maximum atomic E-state index is 11.9. The predicted molar refractivity (Wildman–Crippen MR) is 58.6 cm³/mol. The van der Waals surface area contributed by atoms with Gasteiger partial charge in [0.15, 0.2) is 0 Å². The van der Waals surface area contributed by atoms with E-state index in [-0.39, 0.29) is 5.97 Å². The van der Waals surface area contributed by atoms with E-state index >= 15 is 0 Å². The molecule has 0 radical (unpaired) electrons. The van der Waals surface area contributed by atoms with Crippen LogP contribution < -0.4 is 0 Å². The number of fused-ring (bicyclic) bond motifs is 1. The maximum Gasteiger partial charge on any atom is 0.316 e. The van der Waals surface area contributed by atoms with Gasteiger partial charge in [0.1, 0.15) is 5.60 Å². The quantitative estimate of drug-likeness (QED) is 0.607. The molecule has 0 unspecified atom stereocenters. The molecule has 0 atom stereocenters. The van der Waals surface area contributed by atoms with Crippen molar-refractivity contribution in [3.63, 3.8) is 0 Å². The standard InChI is InChI=1S/C13H16O2/c1-12(2)9-7-5-6-8-10(9)13(3,4)15-11(12)14/h5-8H,1-4H3. The van der Waals surface area contributed by atoms with Crippen LogP contribution in [0.4, 0.5) is 0 Å². The number of esters is 1. The monoisotopic (exact) mass is 204 g/mol. The second kappa shape index (κ2) is 2.84. The Balaban J connectivity index is 2.70. The number of carbonyl (C=O) groups is 1. The Morgan fingerprint density at radius 1 is 1.00 bits per heavy atom. The first kappa shape index (κ1) is 10.2. The van der Waals surface area contributed by atoms with E-state index in [1.807, 2.05) is 52.0 Å². The highest BCUT2D eigenvalue weighted by atomic mass is 16.6. The molecule has 0 N–H and O–H groups in total. The van der Waals surface area contributed by atoms with E-state index in [0.29, 0.717) is 0 Å². The molecular formula is C13H16O2. The molecule has 2 nitrogen and oxygen atoms in total. The van der Waals surface area contributed by atoms with Crippen LogP contribution in [0.1, 0.15) is 38.8 Å². The van der Waals surface area contributed by atoms with Crippen molar-refractivity contribution in [2.24, 2.45) is 0 Å². The summed E-state index contributed by atoms with van der Waals surface area (Å²) in [5.74, 6) is -0.147. The molecule has 1 aromatic rings. The summed E-state index contributed by atoms with van der Waals surface area (Å²) >= 11 is 0. The molecule has 0 aromatic heterocycles. The van der Waals surface area contributed by atoms with E-state index in [0.717, 1.165) is 11.1 Å². The van der Waals surface area contributed by atoms with E-state index in [9.17, 15) is 4.79 Å². The molecule has 2 rings (SSSR count). The molecule has 0 saturated heterocycles. The molecule has 1 aliphatic heterocycles. The van der Waals surface area contributed by atoms with Crippen LogP contribution in [0.3, 0.4) is 0 Å². The van der Waals surface area contributed by atoms with E-state index < -0.39 is 11.0 Å². The van der Waals surface area contributed by atoms with Crippen molar-refractivity contribution in [2.45, 2.75) is 38.7 Å². The fraction of sp³-hybridized carbons (Fsp3) is 0.462. The van der Waals surface area contributed by atoms with Crippen molar-refractivity contribution in [2.75, 3.05) is 0 Å². The first-order valence-corrected chi connectivity index (χ1v) is 5.19. The van der Waals surface area contributed by atoms with Crippen LogP contribution in [0.25, 0.3) is 0 Å². The first-order chi connectivity index (χ1) is 6.86. The van der Waals surface area contributed by atoms with Gasteiger partial charge in [-0.25, -0.2) is 0 Å². The topological polar surface area (TPSA) is 26.3 Å². The van der Waals surface area contributed by atoms with Crippen molar-refractivity contribution in [3.8, 4) is 0 Å². The molecule has 80 valence electrons. The van der Waals surface area contributed by atoms with Crippen LogP contribution in [0.15, 0.2) is 24.3 Å². The first-order valence-electron chi connectivity index (χ1n) is 5.19. The number of rotatable bonds is 0. The largest absolute Gasteiger partial charge is 0.454 e. The van der Waals surface area contributed by atoms with Crippen molar-refractivity contribution in [3.05, 3.63) is 35.4 Å². The van der Waals surface area contributed by atoms with E-state index in [1.165, 1.54) is 0 Å². The van der Waals surface area contributed by atoms with Crippen LogP contribution in [0.5, 0.6) is 0 Å². The van der Waals surface area contributed by atoms with Crippen molar-refractivity contribution >= 4 is 5.97 Å². The van der Waals surface area contributed by atoms with Crippen molar-refractivity contribution in [1.82, 2.24) is 0 Å². The minimum Gasteiger partial charge on any atom is -0.454 e. The summed E-state index contributed by atoms with van der Waals surface area (Å²) in [4.78, 5) is 11.9. The third kappa shape index (κ3) is 1.36. The Bertz CT molecular complexity index is 416. The van der Waals surface area contributed by atoms with E-state index in [1.54, 1.807) is 0 Å². The van der Waals surface area contributed by atoms with Gasteiger partial charge in [0.25, 0.3) is 0 Å². The Hall–Kier alpha value is -1.31. The van der Waals surface area contributed by atoms with Gasteiger partial charge in [0.05, 0.1) is 5.41 Å². The molecule has 15 heavy (non-hydrogen) atoms. The summed E-state index contributed by atoms with van der Waals surface area (Å²) in [6.07, 6.45) is 0. The van der Waals surface area contributed by atoms with Crippen LogP contribution in [0, 0.1) is 0 Å². The zero-order valence-electron chi connectivity index (χ0n) is 9.63. The summed E-state index contributed by atoms with van der Waals surface area (Å²) < 4.78 is 5.48. The van der Waals surface area contributed by atoms with Gasteiger partial charge in [-0.1, -0.05) is 24.3 Å². The predicted octanol–water partition coefficient (Wildman–Crippen LogP) is 2.76. The van der Waals surface area contributed by atoms with Gasteiger partial charge in [-0.2, -0.15) is 0 Å². The molecule has 0 fully saturated rings. The van der Waals surface area contributed by atoms with Crippen molar-refractivity contribution in [1.29, 1.82) is 0 Å². The number of benzene rings is 1. The third-order valence-electron chi connectivity index (χ3n) is 3.11. The van der Waals surface area contributed by atoms with Gasteiger partial charge >= 0.3 is 5.97 Å². The molecule has 0 aliphatic carbocycles. The van der Waals surface area contributed by atoms with Gasteiger partial charge in [-0.05, 0) is 38.8 Å². The highest BCUT2D eigenvalue weighted by molar-refractivity contribution is 5.85. The molecule has 0 spiro atoms. The maximum absolute atomic E-state index is 11.9. The van der Waals surface area contributed by atoms with Gasteiger partial charge < -0.3 is 4.74 Å². The van der Waals surface area contributed by atoms with Gasteiger partial charge in [-0.3, -0.25) is 4.79 Å². The number of hydrogen-bond donors (Lipinski definition) is 0. The Morgan fingerprint density at radius 3 is 2.13 bits per heavy atom. The zero-order chi connectivity index (χ0) is 11.3. The zero-order valence-corrected chi connectivity index (χ0v) is 9.63. The SMILES string of the molecule is CC1(C)OC(=O)C(C)(C)c2ccccc21. The second-order valence-corrected chi connectivity index (χ2v) is 5.07. The van der Waals surface area contributed by atoms with E-state index in [2.05, 4.69) is 0 Å². The lowest BCUT2D eigenvalue weighted by Gasteiger charge is -2.40. The van der Waals surface area contributed by atoms with Crippen LogP contribution in [0.2, 0.25) is 0 Å². The number of hydrogen-bond acceptors (Lipinski definition) is 2. The molecule has 0 amide bonds. The lowest BCUT2D eigenvalue weighted by Crippen LogP contribution is -2.44. The number of carbonyl (C=O) groups excluding carboxylic acids is 1. The molecule has 2 heteroatoms. The summed E-state index contributed by atoms with van der Waals surface area (Å²) in [5.41, 5.74) is 1.14. The van der Waals surface area contributed by atoms with Crippen LogP contribution in [-0.2, 0) is 20.5 Å². The average molecular weight is 204 g/mol. The molecule has 0 bridgehead atoms. The van der Waals surface area contributed by atoms with Crippen LogP contribution >= 0.6 is 0 Å². The lowest BCUT2D eigenvalue weighted by atomic mass is 9.75. The average Bonchev–Trinajstić information content (AvgIpc) is 2.15. The minimum absolute atomic E-state index is 0.147. The highest BCUT2D eigenvalue weighted by Gasteiger charge is 2.44. The van der Waals surface area contributed by atoms with Gasteiger partial charge in [0.2, 0.25) is 0 Å². The van der Waals surface area contributed by atoms with Crippen molar-refractivity contribution < 1.29 is 9.53 Å². The second-order valence-electron chi connectivity index (χ2n) is 5.07. The Morgan fingerprint density at radius 2 is 1.53 bits per heavy atom.